The molecule has 0 spiro atoms. The van der Waals surface area contributed by atoms with Crippen LogP contribution >= 0.6 is 11.3 Å². The molecule has 1 N–H and O–H groups in total. The Morgan fingerprint density at radius 2 is 2.23 bits per heavy atom. The highest BCUT2D eigenvalue weighted by molar-refractivity contribution is 7.09. The van der Waals surface area contributed by atoms with Gasteiger partial charge in [-0.05, 0) is 34.4 Å². The van der Waals surface area contributed by atoms with Gasteiger partial charge >= 0.3 is 0 Å². The molecule has 1 aliphatic rings. The Bertz CT molecular complexity index is 960. The van der Waals surface area contributed by atoms with Crippen molar-refractivity contribution in [1.29, 1.82) is 0 Å². The number of benzene rings is 1. The lowest BCUT2D eigenvalue weighted by molar-refractivity contribution is -0.125. The zero-order valence-corrected chi connectivity index (χ0v) is 17.4. The average molecular weight is 425 g/mol. The molecule has 0 unspecified atom stereocenters. The van der Waals surface area contributed by atoms with Crippen molar-refractivity contribution < 1.29 is 9.53 Å². The van der Waals surface area contributed by atoms with Crippen LogP contribution in [0.4, 0.5) is 0 Å². The third kappa shape index (κ3) is 4.74. The first-order chi connectivity index (χ1) is 14.7. The molecule has 156 valence electrons. The minimum Gasteiger partial charge on any atom is -0.489 e. The van der Waals surface area contributed by atoms with Crippen molar-refractivity contribution in [1.82, 2.24) is 30.4 Å². The number of hydrogen-bond donors (Lipinski definition) is 1. The summed E-state index contributed by atoms with van der Waals surface area (Å²) in [7, 11) is 0. The fourth-order valence-electron chi connectivity index (χ4n) is 3.70. The van der Waals surface area contributed by atoms with Gasteiger partial charge in [0.05, 0.1) is 18.6 Å². The topological polar surface area (TPSA) is 85.2 Å². The number of carbonyl (C=O) groups excluding carboxylic acids is 1. The summed E-state index contributed by atoms with van der Waals surface area (Å²) in [6.07, 6.45) is 3.98. The Morgan fingerprint density at radius 3 is 3.00 bits per heavy atom. The maximum atomic E-state index is 13.1. The van der Waals surface area contributed by atoms with Crippen LogP contribution in [0.25, 0.3) is 0 Å². The molecule has 8 nitrogen and oxygen atoms in total. The van der Waals surface area contributed by atoms with Crippen LogP contribution in [0.2, 0.25) is 0 Å². The van der Waals surface area contributed by atoms with Gasteiger partial charge in [0.25, 0.3) is 0 Å². The van der Waals surface area contributed by atoms with Crippen molar-refractivity contribution in [3.63, 3.8) is 0 Å². The summed E-state index contributed by atoms with van der Waals surface area (Å²) < 4.78 is 7.54. The van der Waals surface area contributed by atoms with Gasteiger partial charge in [-0.1, -0.05) is 36.9 Å². The summed E-state index contributed by atoms with van der Waals surface area (Å²) in [6, 6.07) is 11.7. The van der Waals surface area contributed by atoms with Crippen molar-refractivity contribution in [3.8, 4) is 5.75 Å². The number of nitrogens with one attached hydrogen (secondary N) is 1. The first kappa shape index (κ1) is 20.2. The van der Waals surface area contributed by atoms with E-state index in [-0.39, 0.29) is 18.0 Å². The largest absolute Gasteiger partial charge is 0.489 e. The van der Waals surface area contributed by atoms with Gasteiger partial charge in [0.1, 0.15) is 18.7 Å². The molecule has 0 bridgehead atoms. The number of amides is 1. The SMILES string of the molecule is C=CCOc1ccccc1CN1C[C@@H](n2cnnn2)C[C@H]1C(=O)NCc1cccs1. The molecule has 0 aliphatic carbocycles. The zero-order chi connectivity index (χ0) is 20.8. The lowest BCUT2D eigenvalue weighted by Gasteiger charge is -2.24. The molecule has 0 saturated carbocycles. The van der Waals surface area contributed by atoms with Crippen LogP contribution in [0, 0.1) is 0 Å². The molecule has 2 atom stereocenters. The van der Waals surface area contributed by atoms with E-state index in [1.54, 1.807) is 28.4 Å². The highest BCUT2D eigenvalue weighted by atomic mass is 32.1. The van der Waals surface area contributed by atoms with Gasteiger partial charge in [0.2, 0.25) is 5.91 Å². The van der Waals surface area contributed by atoms with Crippen molar-refractivity contribution in [2.24, 2.45) is 0 Å². The number of tetrazole rings is 1. The number of hydrogen-bond acceptors (Lipinski definition) is 7. The Morgan fingerprint density at radius 1 is 1.33 bits per heavy atom. The maximum Gasteiger partial charge on any atom is 0.237 e. The Labute approximate surface area is 179 Å². The van der Waals surface area contributed by atoms with E-state index in [1.165, 1.54) is 0 Å². The summed E-state index contributed by atoms with van der Waals surface area (Å²) in [5, 5.41) is 16.6. The van der Waals surface area contributed by atoms with E-state index in [1.807, 2.05) is 41.8 Å². The zero-order valence-electron chi connectivity index (χ0n) is 16.6. The molecule has 1 saturated heterocycles. The van der Waals surface area contributed by atoms with E-state index in [0.717, 1.165) is 16.2 Å². The standard InChI is InChI=1S/C21H24N6O2S/c1-2-9-29-20-8-4-3-6-16(20)13-26-14-17(27-15-23-24-25-27)11-19(26)21(28)22-12-18-7-5-10-30-18/h2-8,10,15,17,19H,1,9,11-14H2,(H,22,28)/t17-,19-/m0/s1. The summed E-state index contributed by atoms with van der Waals surface area (Å²) in [5.41, 5.74) is 1.03. The van der Waals surface area contributed by atoms with Crippen molar-refractivity contribution in [2.45, 2.75) is 31.6 Å². The van der Waals surface area contributed by atoms with Crippen LogP contribution in [-0.4, -0.2) is 50.2 Å². The van der Waals surface area contributed by atoms with E-state index in [9.17, 15) is 4.79 Å². The molecule has 4 rings (SSSR count). The Kier molecular flexibility index (Phi) is 6.50. The molecule has 2 aromatic heterocycles. The predicted octanol–water partition coefficient (Wildman–Crippen LogP) is 2.43. The lowest BCUT2D eigenvalue weighted by atomic mass is 10.1. The number of likely N-dealkylation sites (tertiary alicyclic amines) is 1. The molecule has 30 heavy (non-hydrogen) atoms. The van der Waals surface area contributed by atoms with Crippen molar-refractivity contribution >= 4 is 17.2 Å². The van der Waals surface area contributed by atoms with Crippen molar-refractivity contribution in [3.05, 3.63) is 71.2 Å². The molecule has 1 amide bonds. The van der Waals surface area contributed by atoms with Crippen LogP contribution in [0.5, 0.6) is 5.75 Å². The monoisotopic (exact) mass is 424 g/mol. The van der Waals surface area contributed by atoms with Gasteiger partial charge in [0, 0.05) is 23.5 Å². The molecule has 3 heterocycles. The summed E-state index contributed by atoms with van der Waals surface area (Å²) >= 11 is 1.64. The van der Waals surface area contributed by atoms with Gasteiger partial charge in [-0.2, -0.15) is 0 Å². The Balaban J connectivity index is 1.50. The second kappa shape index (κ2) is 9.64. The molecule has 1 fully saturated rings. The van der Waals surface area contributed by atoms with Gasteiger partial charge in [-0.25, -0.2) is 4.68 Å². The van der Waals surface area contributed by atoms with E-state index in [4.69, 9.17) is 4.74 Å². The van der Waals surface area contributed by atoms with Gasteiger partial charge in [0.15, 0.2) is 0 Å². The van der Waals surface area contributed by atoms with E-state index >= 15 is 0 Å². The van der Waals surface area contributed by atoms with E-state index < -0.39 is 0 Å². The second-order valence-electron chi connectivity index (χ2n) is 7.13. The van der Waals surface area contributed by atoms with Gasteiger partial charge in [-0.3, -0.25) is 9.69 Å². The highest BCUT2D eigenvalue weighted by Gasteiger charge is 2.38. The minimum atomic E-state index is -0.272. The highest BCUT2D eigenvalue weighted by Crippen LogP contribution is 2.30. The quantitative estimate of drug-likeness (QED) is 0.531. The van der Waals surface area contributed by atoms with Crippen LogP contribution in [0.1, 0.15) is 22.9 Å². The van der Waals surface area contributed by atoms with Crippen LogP contribution in [-0.2, 0) is 17.9 Å². The molecule has 1 aliphatic heterocycles. The number of nitrogens with zero attached hydrogens (tertiary/aromatic N) is 5. The third-order valence-electron chi connectivity index (χ3n) is 5.14. The first-order valence-corrected chi connectivity index (χ1v) is 10.7. The molecule has 3 aromatic rings. The smallest absolute Gasteiger partial charge is 0.237 e. The number of carbonyl (C=O) groups is 1. The van der Waals surface area contributed by atoms with Crippen LogP contribution < -0.4 is 10.1 Å². The Hall–Kier alpha value is -3.04. The molecule has 0 radical (unpaired) electrons. The number of thiophene rings is 1. The number of para-hydroxylation sites is 1. The van der Waals surface area contributed by atoms with E-state index in [2.05, 4.69) is 32.3 Å². The normalized spacial score (nSPS) is 18.9. The average Bonchev–Trinajstić information content (AvgIpc) is 3.53. The number of aromatic nitrogens is 4. The number of ether oxygens (including phenoxy) is 1. The van der Waals surface area contributed by atoms with Crippen LogP contribution in [0.3, 0.4) is 0 Å². The fraction of sp³-hybridized carbons (Fsp3) is 0.333. The predicted molar refractivity (Wildman–Crippen MR) is 114 cm³/mol. The fourth-order valence-corrected chi connectivity index (χ4v) is 4.35. The molecular weight excluding hydrogens is 400 g/mol. The second-order valence-corrected chi connectivity index (χ2v) is 8.16. The molecule has 9 heteroatoms. The summed E-state index contributed by atoms with van der Waals surface area (Å²) in [6.45, 7) is 5.97. The first-order valence-electron chi connectivity index (χ1n) is 9.83. The number of rotatable bonds is 9. The van der Waals surface area contributed by atoms with Crippen molar-refractivity contribution in [2.75, 3.05) is 13.2 Å². The maximum absolute atomic E-state index is 13.1. The summed E-state index contributed by atoms with van der Waals surface area (Å²) in [4.78, 5) is 16.4. The third-order valence-corrected chi connectivity index (χ3v) is 6.02. The van der Waals surface area contributed by atoms with Crippen LogP contribution in [0.15, 0.2) is 60.8 Å². The summed E-state index contributed by atoms with van der Waals surface area (Å²) in [5.74, 6) is 0.824. The minimum absolute atomic E-state index is 0.0171. The van der Waals surface area contributed by atoms with Gasteiger partial charge in [-0.15, -0.1) is 16.4 Å². The van der Waals surface area contributed by atoms with E-state index in [0.29, 0.717) is 32.7 Å². The lowest BCUT2D eigenvalue weighted by Crippen LogP contribution is -2.42. The molecule has 1 aromatic carbocycles. The van der Waals surface area contributed by atoms with Gasteiger partial charge < -0.3 is 10.1 Å². The molecular formula is C21H24N6O2S.